The molecular formula is C88H110N6O24Si. The normalized spacial score (nSPS) is 27.4. The molecule has 10 N–H and O–H groups in total. The zero-order valence-corrected chi connectivity index (χ0v) is 68.3. The van der Waals surface area contributed by atoms with Crippen LogP contribution in [-0.2, 0) is 110 Å². The van der Waals surface area contributed by atoms with E-state index in [-0.39, 0.29) is 65.8 Å². The van der Waals surface area contributed by atoms with Gasteiger partial charge in [-0.2, -0.15) is 0 Å². The van der Waals surface area contributed by atoms with Crippen LogP contribution in [0.2, 0.25) is 18.1 Å². The quantitative estimate of drug-likeness (QED) is 0.0100. The van der Waals surface area contributed by atoms with Gasteiger partial charge in [-0.25, -0.2) is 24.0 Å². The predicted octanol–water partition coefficient (Wildman–Crippen LogP) is 9.40. The van der Waals surface area contributed by atoms with Crippen LogP contribution in [0.3, 0.4) is 0 Å². The molecule has 5 fully saturated rings. The number of rotatable bonds is 35. The lowest BCUT2D eigenvalue weighted by atomic mass is 9.83. The lowest BCUT2D eigenvalue weighted by molar-refractivity contribution is -0.358. The summed E-state index contributed by atoms with van der Waals surface area (Å²) < 4.78 is 97.9. The van der Waals surface area contributed by atoms with Gasteiger partial charge in [0.2, 0.25) is 0 Å². The fourth-order valence-corrected chi connectivity index (χ4v) is 15.3. The number of nitrogens with one attached hydrogen (secondary N) is 6. The zero-order valence-electron chi connectivity index (χ0n) is 67.3. The number of hydrogen-bond donors (Lipinski definition) is 10. The largest absolute Gasteiger partial charge is 0.445 e. The third-order valence-corrected chi connectivity index (χ3v) is 26.4. The van der Waals surface area contributed by atoms with Crippen LogP contribution in [0.4, 0.5) is 24.0 Å². The molecule has 12 rings (SSSR count). The highest BCUT2D eigenvalue weighted by Gasteiger charge is 2.59. The van der Waals surface area contributed by atoms with Crippen molar-refractivity contribution in [2.45, 2.75) is 220 Å². The van der Waals surface area contributed by atoms with E-state index in [0.717, 1.165) is 19.3 Å². The second-order valence-corrected chi connectivity index (χ2v) is 36.2. The Balaban J connectivity index is 0.929. The van der Waals surface area contributed by atoms with E-state index >= 15 is 0 Å². The van der Waals surface area contributed by atoms with Crippen LogP contribution in [0.1, 0.15) is 85.3 Å². The number of aliphatic hydroxyl groups excluding tert-OH is 4. The van der Waals surface area contributed by atoms with Crippen LogP contribution in [-0.4, -0.2) is 215 Å². The molecule has 30 nitrogen and oxygen atoms in total. The van der Waals surface area contributed by atoms with Crippen molar-refractivity contribution >= 4 is 38.8 Å². The first-order valence-electron chi connectivity index (χ1n) is 40.4. The van der Waals surface area contributed by atoms with Crippen molar-refractivity contribution in [1.29, 1.82) is 0 Å². The summed E-state index contributed by atoms with van der Waals surface area (Å²) in [7, 11) is -2.81. The molecule has 20 atom stereocenters. The third-order valence-electron chi connectivity index (χ3n) is 21.9. The molecular weight excluding hydrogens is 1550 g/mol. The van der Waals surface area contributed by atoms with Gasteiger partial charge < -0.3 is 123 Å². The second kappa shape index (κ2) is 43.6. The number of alkyl carbamates (subject to hydrolysis) is 5. The zero-order chi connectivity index (χ0) is 83.7. The maximum atomic E-state index is 14.7. The maximum Gasteiger partial charge on any atom is 0.407 e. The highest BCUT2D eigenvalue weighted by molar-refractivity contribution is 6.74. The lowest BCUT2D eigenvalue weighted by Gasteiger charge is -2.51. The van der Waals surface area contributed by atoms with Crippen LogP contribution in [0.25, 0.3) is 0 Å². The van der Waals surface area contributed by atoms with E-state index in [1.807, 2.05) is 76.3 Å². The minimum absolute atomic E-state index is 0.0956. The molecule has 5 amide bonds. The van der Waals surface area contributed by atoms with E-state index in [4.69, 9.17) is 70.7 Å². The van der Waals surface area contributed by atoms with E-state index in [0.29, 0.717) is 39.9 Å². The molecule has 640 valence electrons. The van der Waals surface area contributed by atoms with Crippen molar-refractivity contribution in [3.8, 4) is 0 Å². The lowest BCUT2D eigenvalue weighted by Crippen LogP contribution is -2.71. The summed E-state index contributed by atoms with van der Waals surface area (Å²) in [6, 6.07) is 57.5. The van der Waals surface area contributed by atoms with Gasteiger partial charge in [-0.1, -0.05) is 233 Å². The van der Waals surface area contributed by atoms with Gasteiger partial charge in [0.05, 0.1) is 31.9 Å². The maximum absolute atomic E-state index is 14.7. The van der Waals surface area contributed by atoms with E-state index in [1.165, 1.54) is 5.56 Å². The summed E-state index contributed by atoms with van der Waals surface area (Å²) in [5.41, 5.74) is 5.05. The van der Waals surface area contributed by atoms with E-state index in [1.54, 1.807) is 158 Å². The van der Waals surface area contributed by atoms with Crippen LogP contribution >= 0.6 is 0 Å². The Bertz CT molecular complexity index is 4240. The predicted molar refractivity (Wildman–Crippen MR) is 433 cm³/mol. The topological polar surface area (TPSA) is 377 Å². The number of aliphatic hydroxyl groups is 4. The van der Waals surface area contributed by atoms with Crippen LogP contribution in [0.5, 0.6) is 0 Å². The minimum Gasteiger partial charge on any atom is -0.445 e. The molecule has 119 heavy (non-hydrogen) atoms. The first kappa shape index (κ1) is 88.8. The number of benzene rings is 7. The van der Waals surface area contributed by atoms with Crippen LogP contribution in [0, 0.1) is 0 Å². The Hall–Kier alpha value is -9.49. The molecule has 1 unspecified atom stereocenters. The average molecular weight is 1660 g/mol. The first-order valence-corrected chi connectivity index (χ1v) is 43.3. The fraction of sp³-hybridized carbons (Fsp3) is 0.466. The van der Waals surface area contributed by atoms with Gasteiger partial charge in [0, 0.05) is 18.7 Å². The fourth-order valence-electron chi connectivity index (χ4n) is 14.3. The number of carbonyl (C=O) groups is 5. The highest BCUT2D eigenvalue weighted by atomic mass is 28.4. The van der Waals surface area contributed by atoms with Gasteiger partial charge >= 0.3 is 30.5 Å². The van der Waals surface area contributed by atoms with E-state index in [9.17, 15) is 44.4 Å². The summed E-state index contributed by atoms with van der Waals surface area (Å²) in [4.78, 5) is 71.1. The SMILES string of the molecule is CC(C)(C)[Si](C)(C)OC[C@H]1O[C@@H](O[C@@H]2[C@@H](O)[C@H](NC(=O)OCc3ccccc3)C[C@H](NC(=O)OCc3ccccc3)[C@H]2O[C@H]2O[C@@H]3COC(c4ccccc4)O[C@H]3[C@H](O)[C@H]2NC(=O)OCc2ccccc2)[C@H](OCCNCCCCc2ccccc2)[C@@H]1O[C@H]1O[C@@H](CNC(=O)OCc2ccccc2)[C@@H](O)[C@H](O)[C@H]1NC(=O)OCc1ccccc1. The van der Waals surface area contributed by atoms with Gasteiger partial charge in [0.1, 0.15) is 118 Å². The molecule has 4 aliphatic heterocycles. The van der Waals surface area contributed by atoms with E-state index < -0.39 is 173 Å². The van der Waals surface area contributed by atoms with Crippen molar-refractivity contribution in [2.24, 2.45) is 0 Å². The number of ether oxygens (including phenoxy) is 14. The minimum atomic E-state index is -2.81. The molecule has 5 aliphatic rings. The second-order valence-electron chi connectivity index (χ2n) is 31.4. The van der Waals surface area contributed by atoms with Gasteiger partial charge in [-0.15, -0.1) is 0 Å². The summed E-state index contributed by atoms with van der Waals surface area (Å²) in [5, 5.41) is 67.7. The molecule has 4 saturated heterocycles. The molecule has 7 aromatic carbocycles. The number of amides is 5. The van der Waals surface area contributed by atoms with Gasteiger partial charge in [-0.3, -0.25) is 0 Å². The Morgan fingerprint density at radius 2 is 0.874 bits per heavy atom. The first-order chi connectivity index (χ1) is 57.6. The van der Waals surface area contributed by atoms with E-state index in [2.05, 4.69) is 44.0 Å². The van der Waals surface area contributed by atoms with Crippen LogP contribution in [0.15, 0.2) is 212 Å². The van der Waals surface area contributed by atoms with Gasteiger partial charge in [-0.05, 0) is 83.7 Å². The van der Waals surface area contributed by atoms with Gasteiger partial charge in [0.25, 0.3) is 0 Å². The standard InChI is InChI=1S/C88H110N6O24Si/c1-88(2,3)119(4,5)111-55-67-76(117-80-68(93-86(102)109-52-60-38-21-10-22-39-60)72(97)71(96)65(112-80)48-90-83(99)106-49-57-32-15-7-16-33-57)78(104-46-45-89-44-28-27-31-56-29-13-6-14-30-56)82(114-67)118-77-70(95)63(91-84(100)107-50-58-34-17-8-18-35-58)47-64(92-85(101)108-51-59-36-19-9-20-37-59)74(77)115-81-69(94-87(103)110-53-61-40-23-11-24-41-61)73(98)75-66(113-81)54-105-79(116-75)62-42-25-12-26-43-62/h6-26,29-30,32-43,63-82,89,95-98H,27-28,31,44-55H2,1-5H3,(H,90,99)(H,91,100)(H,92,101)(H,93,102)(H,94,103)/t63-,64+,65+,66-,67-,68-,69-,70+,71-,72-,73-,74-,75-,76-,77-,78-,79?,80-,81-,82+/m1/s1. The molecule has 0 spiro atoms. The summed E-state index contributed by atoms with van der Waals surface area (Å²) in [6.45, 7) is 9.06. The molecule has 4 heterocycles. The average Bonchev–Trinajstić information content (AvgIpc) is 1.63. The Kier molecular flexibility index (Phi) is 32.6. The molecule has 0 aromatic heterocycles. The van der Waals surface area contributed by atoms with Gasteiger partial charge in [0.15, 0.2) is 33.5 Å². The number of aryl methyl sites for hydroxylation is 1. The van der Waals surface area contributed by atoms with Crippen molar-refractivity contribution < 1.29 is 115 Å². The smallest absolute Gasteiger partial charge is 0.407 e. The Morgan fingerprint density at radius 1 is 0.437 bits per heavy atom. The third kappa shape index (κ3) is 25.5. The molecule has 31 heteroatoms. The number of fused-ring (bicyclic) bond motifs is 1. The summed E-state index contributed by atoms with van der Waals surface area (Å²) >= 11 is 0. The van der Waals surface area contributed by atoms with Crippen molar-refractivity contribution in [3.05, 3.63) is 251 Å². The number of carbonyl (C=O) groups excluding carboxylic acids is 5. The monoisotopic (exact) mass is 1660 g/mol. The molecule has 0 radical (unpaired) electrons. The molecule has 1 aliphatic carbocycles. The molecule has 1 saturated carbocycles. The summed E-state index contributed by atoms with van der Waals surface area (Å²) in [6.07, 6.45) is -28.0. The van der Waals surface area contributed by atoms with Crippen molar-refractivity contribution in [1.82, 2.24) is 31.9 Å². The van der Waals surface area contributed by atoms with Crippen LogP contribution < -0.4 is 31.9 Å². The Morgan fingerprint density at radius 3 is 1.39 bits per heavy atom. The summed E-state index contributed by atoms with van der Waals surface area (Å²) in [5.74, 6) is 0. The molecule has 7 aromatic rings. The molecule has 0 bridgehead atoms. The highest BCUT2D eigenvalue weighted by Crippen LogP contribution is 2.42. The number of hydrogen-bond acceptors (Lipinski definition) is 25. The van der Waals surface area contributed by atoms with Crippen molar-refractivity contribution in [2.75, 3.05) is 39.5 Å². The number of unbranched alkanes of at least 4 members (excludes halogenated alkanes) is 1. The van der Waals surface area contributed by atoms with Crippen molar-refractivity contribution in [3.63, 3.8) is 0 Å². The Labute approximate surface area is 693 Å².